The van der Waals surface area contributed by atoms with Crippen molar-refractivity contribution in [3.05, 3.63) is 29.8 Å². The molecule has 2 aromatic rings. The van der Waals surface area contributed by atoms with Gasteiger partial charge in [-0.15, -0.1) is 0 Å². The Morgan fingerprint density at radius 1 is 1.35 bits per heavy atom. The fraction of sp³-hybridized carbons (Fsp3) is 0.417. The molecule has 2 heterocycles. The van der Waals surface area contributed by atoms with Crippen molar-refractivity contribution in [1.82, 2.24) is 15.1 Å². The van der Waals surface area contributed by atoms with Crippen LogP contribution >= 0.6 is 0 Å². The number of nitrogens with two attached hydrogens (primary N) is 1. The quantitative estimate of drug-likeness (QED) is 0.876. The summed E-state index contributed by atoms with van der Waals surface area (Å²) in [6, 6.07) is 3.60. The van der Waals surface area contributed by atoms with Crippen LogP contribution in [0, 0.1) is 12.8 Å². The summed E-state index contributed by atoms with van der Waals surface area (Å²) in [5.74, 6) is 1.20. The summed E-state index contributed by atoms with van der Waals surface area (Å²) in [5.41, 5.74) is 7.75. The SMILES string of the molecule is Cc1ccnc(-c2noc([C@H](N)C(C)C)n2)c1. The fourth-order valence-electron chi connectivity index (χ4n) is 1.42. The lowest BCUT2D eigenvalue weighted by Crippen LogP contribution is -2.16. The van der Waals surface area contributed by atoms with Gasteiger partial charge in [0.15, 0.2) is 0 Å². The third-order valence-electron chi connectivity index (χ3n) is 2.59. The van der Waals surface area contributed by atoms with Gasteiger partial charge in [0.25, 0.3) is 0 Å². The van der Waals surface area contributed by atoms with Crippen LogP contribution in [0.5, 0.6) is 0 Å². The summed E-state index contributed by atoms with van der Waals surface area (Å²) in [7, 11) is 0. The summed E-state index contributed by atoms with van der Waals surface area (Å²) >= 11 is 0. The molecule has 0 aliphatic carbocycles. The molecule has 0 unspecified atom stereocenters. The lowest BCUT2D eigenvalue weighted by Gasteiger charge is -2.09. The van der Waals surface area contributed by atoms with Crippen molar-refractivity contribution in [3.8, 4) is 11.5 Å². The minimum Gasteiger partial charge on any atom is -0.337 e. The smallest absolute Gasteiger partial charge is 0.244 e. The number of hydrogen-bond acceptors (Lipinski definition) is 5. The topological polar surface area (TPSA) is 77.8 Å². The molecular weight excluding hydrogens is 216 g/mol. The number of pyridine rings is 1. The van der Waals surface area contributed by atoms with Crippen LogP contribution in [0.25, 0.3) is 11.5 Å². The molecule has 0 radical (unpaired) electrons. The average Bonchev–Trinajstić information content (AvgIpc) is 2.77. The molecule has 5 nitrogen and oxygen atoms in total. The third-order valence-corrected chi connectivity index (χ3v) is 2.59. The third kappa shape index (κ3) is 2.50. The van der Waals surface area contributed by atoms with Crippen LogP contribution in [0.1, 0.15) is 31.3 Å². The van der Waals surface area contributed by atoms with Gasteiger partial charge in [-0.1, -0.05) is 19.0 Å². The molecule has 0 fully saturated rings. The van der Waals surface area contributed by atoms with E-state index in [1.54, 1.807) is 6.20 Å². The highest BCUT2D eigenvalue weighted by molar-refractivity contribution is 5.48. The molecule has 2 rings (SSSR count). The molecule has 0 amide bonds. The van der Waals surface area contributed by atoms with Crippen molar-refractivity contribution in [2.24, 2.45) is 11.7 Å². The monoisotopic (exact) mass is 232 g/mol. The molecule has 2 N–H and O–H groups in total. The minimum atomic E-state index is -0.235. The molecule has 0 spiro atoms. The molecular formula is C12H16N4O. The molecule has 0 saturated heterocycles. The van der Waals surface area contributed by atoms with Crippen molar-refractivity contribution in [3.63, 3.8) is 0 Å². The summed E-state index contributed by atoms with van der Waals surface area (Å²) in [4.78, 5) is 8.48. The first-order valence-corrected chi connectivity index (χ1v) is 5.60. The highest BCUT2D eigenvalue weighted by atomic mass is 16.5. The Morgan fingerprint density at radius 3 is 2.76 bits per heavy atom. The normalized spacial score (nSPS) is 13.0. The van der Waals surface area contributed by atoms with E-state index in [0.29, 0.717) is 17.4 Å². The van der Waals surface area contributed by atoms with E-state index in [2.05, 4.69) is 15.1 Å². The maximum Gasteiger partial charge on any atom is 0.244 e. The van der Waals surface area contributed by atoms with Gasteiger partial charge in [0.2, 0.25) is 11.7 Å². The van der Waals surface area contributed by atoms with Gasteiger partial charge in [0.05, 0.1) is 6.04 Å². The van der Waals surface area contributed by atoms with Gasteiger partial charge < -0.3 is 10.3 Å². The molecule has 0 saturated carbocycles. The molecule has 0 aliphatic rings. The molecule has 0 bridgehead atoms. The van der Waals surface area contributed by atoms with Crippen LogP contribution in [-0.4, -0.2) is 15.1 Å². The summed E-state index contributed by atoms with van der Waals surface area (Å²) in [6.45, 7) is 6.02. The molecule has 0 aliphatic heterocycles. The van der Waals surface area contributed by atoms with Crippen LogP contribution < -0.4 is 5.73 Å². The van der Waals surface area contributed by atoms with E-state index < -0.39 is 0 Å². The van der Waals surface area contributed by atoms with Crippen molar-refractivity contribution in [2.75, 3.05) is 0 Å². The fourth-order valence-corrected chi connectivity index (χ4v) is 1.42. The lowest BCUT2D eigenvalue weighted by molar-refractivity contribution is 0.325. The average molecular weight is 232 g/mol. The highest BCUT2D eigenvalue weighted by Gasteiger charge is 2.18. The van der Waals surface area contributed by atoms with Crippen molar-refractivity contribution < 1.29 is 4.52 Å². The Hall–Kier alpha value is -1.75. The number of aryl methyl sites for hydroxylation is 1. The summed E-state index contributed by atoms with van der Waals surface area (Å²) < 4.78 is 5.16. The van der Waals surface area contributed by atoms with E-state index in [1.165, 1.54) is 0 Å². The number of aromatic nitrogens is 3. The summed E-state index contributed by atoms with van der Waals surface area (Å²) in [6.07, 6.45) is 1.73. The van der Waals surface area contributed by atoms with Crippen molar-refractivity contribution >= 4 is 0 Å². The molecule has 2 aromatic heterocycles. The zero-order chi connectivity index (χ0) is 12.4. The second-order valence-electron chi connectivity index (χ2n) is 4.44. The molecule has 1 atom stereocenters. The van der Waals surface area contributed by atoms with E-state index in [1.807, 2.05) is 32.9 Å². The second-order valence-corrected chi connectivity index (χ2v) is 4.44. The summed E-state index contributed by atoms with van der Waals surface area (Å²) in [5, 5.41) is 3.90. The standard InChI is InChI=1S/C12H16N4O/c1-7(2)10(13)12-15-11(16-17-12)9-6-8(3)4-5-14-9/h4-7,10H,13H2,1-3H3/t10-/m1/s1. The van der Waals surface area contributed by atoms with Crippen LogP contribution in [-0.2, 0) is 0 Å². The zero-order valence-electron chi connectivity index (χ0n) is 10.2. The number of hydrogen-bond donors (Lipinski definition) is 1. The Balaban J connectivity index is 2.30. The predicted octanol–water partition coefficient (Wildman–Crippen LogP) is 2.10. The maximum absolute atomic E-state index is 5.94. The Kier molecular flexibility index (Phi) is 3.19. The van der Waals surface area contributed by atoms with Crippen molar-refractivity contribution in [1.29, 1.82) is 0 Å². The number of rotatable bonds is 3. The van der Waals surface area contributed by atoms with E-state index in [4.69, 9.17) is 10.3 Å². The molecule has 5 heteroatoms. The van der Waals surface area contributed by atoms with Crippen molar-refractivity contribution in [2.45, 2.75) is 26.8 Å². The van der Waals surface area contributed by atoms with Gasteiger partial charge in [0, 0.05) is 6.20 Å². The maximum atomic E-state index is 5.94. The first-order chi connectivity index (χ1) is 8.08. The van der Waals surface area contributed by atoms with Gasteiger partial charge in [0.1, 0.15) is 5.69 Å². The second kappa shape index (κ2) is 4.63. The Morgan fingerprint density at radius 2 is 2.12 bits per heavy atom. The number of nitrogens with zero attached hydrogens (tertiary/aromatic N) is 3. The van der Waals surface area contributed by atoms with E-state index in [-0.39, 0.29) is 12.0 Å². The Labute approximate surface area is 100 Å². The zero-order valence-corrected chi connectivity index (χ0v) is 10.2. The molecule has 17 heavy (non-hydrogen) atoms. The first kappa shape index (κ1) is 11.7. The largest absolute Gasteiger partial charge is 0.337 e. The van der Waals surface area contributed by atoms with Gasteiger partial charge in [-0.05, 0) is 30.5 Å². The van der Waals surface area contributed by atoms with Crippen LogP contribution in [0.4, 0.5) is 0 Å². The van der Waals surface area contributed by atoms with Crippen LogP contribution in [0.2, 0.25) is 0 Å². The predicted molar refractivity (Wildman–Crippen MR) is 64.0 cm³/mol. The van der Waals surface area contributed by atoms with Crippen LogP contribution in [0.15, 0.2) is 22.9 Å². The van der Waals surface area contributed by atoms with Crippen LogP contribution in [0.3, 0.4) is 0 Å². The van der Waals surface area contributed by atoms with Gasteiger partial charge in [-0.25, -0.2) is 0 Å². The Bertz CT molecular complexity index is 507. The molecule has 0 aromatic carbocycles. The van der Waals surface area contributed by atoms with Gasteiger partial charge in [-0.3, -0.25) is 4.98 Å². The highest BCUT2D eigenvalue weighted by Crippen LogP contribution is 2.20. The van der Waals surface area contributed by atoms with Gasteiger partial charge >= 0.3 is 0 Å². The van der Waals surface area contributed by atoms with E-state index in [9.17, 15) is 0 Å². The minimum absolute atomic E-state index is 0.235. The molecule has 90 valence electrons. The van der Waals surface area contributed by atoms with Gasteiger partial charge in [-0.2, -0.15) is 4.98 Å². The first-order valence-electron chi connectivity index (χ1n) is 5.60. The van der Waals surface area contributed by atoms with E-state index in [0.717, 1.165) is 5.56 Å². The lowest BCUT2D eigenvalue weighted by atomic mass is 10.1. The van der Waals surface area contributed by atoms with E-state index >= 15 is 0 Å².